The first-order valence-corrected chi connectivity index (χ1v) is 7.69. The summed E-state index contributed by atoms with van der Waals surface area (Å²) in [5, 5.41) is 4.73. The van der Waals surface area contributed by atoms with Crippen LogP contribution in [0.15, 0.2) is 4.99 Å². The summed E-state index contributed by atoms with van der Waals surface area (Å²) in [6.07, 6.45) is 5.25. The number of nitrogens with zero attached hydrogens (tertiary/aromatic N) is 1. The molecule has 0 radical (unpaired) electrons. The molecule has 1 saturated carbocycles. The first-order chi connectivity index (χ1) is 8.20. The minimum Gasteiger partial charge on any atom is -0.379 e. The van der Waals surface area contributed by atoms with Gasteiger partial charge in [-0.2, -0.15) is 0 Å². The molecule has 4 heteroatoms. The second-order valence-corrected chi connectivity index (χ2v) is 6.42. The van der Waals surface area contributed by atoms with E-state index in [0.717, 1.165) is 5.17 Å². The number of rotatable bonds is 3. The maximum Gasteiger partial charge on any atom is 0.157 e. The highest BCUT2D eigenvalue weighted by Gasteiger charge is 2.29. The molecule has 0 bridgehead atoms. The Kier molecular flexibility index (Phi) is 4.74. The number of hydrogen-bond donors (Lipinski definition) is 1. The minimum absolute atomic E-state index is 0.373. The van der Waals surface area contributed by atoms with Crippen molar-refractivity contribution in [2.75, 3.05) is 12.9 Å². The van der Waals surface area contributed by atoms with Crippen LogP contribution in [0.25, 0.3) is 0 Å². The Morgan fingerprint density at radius 1 is 1.35 bits per heavy atom. The summed E-state index contributed by atoms with van der Waals surface area (Å²) >= 11 is 1.87. The highest BCUT2D eigenvalue weighted by molar-refractivity contribution is 8.13. The molecular formula is C13H24N2OS. The SMILES string of the molecule is COC1CCCC1NC1=NC(C(C)C)CCS1. The van der Waals surface area contributed by atoms with Gasteiger partial charge in [0.15, 0.2) is 5.17 Å². The molecule has 1 fully saturated rings. The van der Waals surface area contributed by atoms with Gasteiger partial charge in [0.25, 0.3) is 0 Å². The average Bonchev–Trinajstić information content (AvgIpc) is 2.76. The third-order valence-corrected chi connectivity index (χ3v) is 4.71. The molecule has 0 aromatic carbocycles. The largest absolute Gasteiger partial charge is 0.379 e. The number of aliphatic imine (C=N–C) groups is 1. The molecule has 3 atom stereocenters. The Morgan fingerprint density at radius 2 is 2.18 bits per heavy atom. The van der Waals surface area contributed by atoms with E-state index < -0.39 is 0 Å². The van der Waals surface area contributed by atoms with E-state index in [0.29, 0.717) is 24.1 Å². The summed E-state index contributed by atoms with van der Waals surface area (Å²) in [5.41, 5.74) is 0. The zero-order chi connectivity index (χ0) is 12.3. The summed E-state index contributed by atoms with van der Waals surface area (Å²) in [7, 11) is 1.82. The molecule has 98 valence electrons. The van der Waals surface area contributed by atoms with Gasteiger partial charge in [-0.15, -0.1) is 0 Å². The van der Waals surface area contributed by atoms with Crippen molar-refractivity contribution in [3.8, 4) is 0 Å². The van der Waals surface area contributed by atoms with Crippen LogP contribution in [0.5, 0.6) is 0 Å². The lowest BCUT2D eigenvalue weighted by Crippen LogP contribution is -2.41. The molecule has 3 nitrogen and oxygen atoms in total. The molecule has 2 aliphatic rings. The molecule has 0 spiro atoms. The summed E-state index contributed by atoms with van der Waals surface area (Å²) in [4.78, 5) is 4.83. The van der Waals surface area contributed by atoms with Crippen LogP contribution in [0.2, 0.25) is 0 Å². The summed E-state index contributed by atoms with van der Waals surface area (Å²) < 4.78 is 5.51. The van der Waals surface area contributed by atoms with Gasteiger partial charge in [0.2, 0.25) is 0 Å². The number of methoxy groups -OCH3 is 1. The van der Waals surface area contributed by atoms with Gasteiger partial charge in [-0.1, -0.05) is 25.6 Å². The number of ether oxygens (including phenoxy) is 1. The second-order valence-electron chi connectivity index (χ2n) is 5.34. The van der Waals surface area contributed by atoms with E-state index in [9.17, 15) is 0 Å². The van der Waals surface area contributed by atoms with Gasteiger partial charge in [0.1, 0.15) is 0 Å². The van der Waals surface area contributed by atoms with E-state index in [1.165, 1.54) is 31.4 Å². The van der Waals surface area contributed by atoms with Gasteiger partial charge in [0.05, 0.1) is 18.2 Å². The molecule has 1 N–H and O–H groups in total. The van der Waals surface area contributed by atoms with E-state index in [4.69, 9.17) is 9.73 Å². The number of hydrogen-bond acceptors (Lipinski definition) is 4. The average molecular weight is 256 g/mol. The number of amidine groups is 1. The van der Waals surface area contributed by atoms with Crippen molar-refractivity contribution >= 4 is 16.9 Å². The highest BCUT2D eigenvalue weighted by Crippen LogP contribution is 2.25. The molecule has 17 heavy (non-hydrogen) atoms. The summed E-state index contributed by atoms with van der Waals surface area (Å²) in [6.45, 7) is 4.52. The molecule has 1 heterocycles. The molecular weight excluding hydrogens is 232 g/mol. The molecule has 0 aromatic rings. The maximum absolute atomic E-state index is 5.51. The topological polar surface area (TPSA) is 33.6 Å². The van der Waals surface area contributed by atoms with Crippen LogP contribution in [0.4, 0.5) is 0 Å². The quantitative estimate of drug-likeness (QED) is 0.843. The predicted molar refractivity (Wildman–Crippen MR) is 74.7 cm³/mol. The fourth-order valence-corrected chi connectivity index (χ4v) is 3.62. The molecule has 1 aliphatic carbocycles. The van der Waals surface area contributed by atoms with Crippen molar-refractivity contribution in [2.24, 2.45) is 10.9 Å². The van der Waals surface area contributed by atoms with Crippen LogP contribution < -0.4 is 5.32 Å². The number of thioether (sulfide) groups is 1. The Labute approximate surface area is 109 Å². The monoisotopic (exact) mass is 256 g/mol. The zero-order valence-corrected chi connectivity index (χ0v) is 11.9. The first kappa shape index (κ1) is 13.2. The predicted octanol–water partition coefficient (Wildman–Crippen LogP) is 2.66. The first-order valence-electron chi connectivity index (χ1n) is 6.70. The fourth-order valence-electron chi connectivity index (χ4n) is 2.62. The van der Waals surface area contributed by atoms with E-state index in [1.807, 2.05) is 18.9 Å². The van der Waals surface area contributed by atoms with Gasteiger partial charge < -0.3 is 10.1 Å². The van der Waals surface area contributed by atoms with Crippen molar-refractivity contribution in [1.82, 2.24) is 5.32 Å². The molecule has 1 aliphatic heterocycles. The van der Waals surface area contributed by atoms with Crippen LogP contribution in [-0.2, 0) is 4.74 Å². The lowest BCUT2D eigenvalue weighted by Gasteiger charge is -2.27. The Bertz CT molecular complexity index is 281. The molecule has 0 aromatic heterocycles. The van der Waals surface area contributed by atoms with Gasteiger partial charge in [-0.05, 0) is 31.6 Å². The van der Waals surface area contributed by atoms with E-state index >= 15 is 0 Å². The molecule has 0 amide bonds. The second kappa shape index (κ2) is 6.10. The summed E-state index contributed by atoms with van der Waals surface area (Å²) in [6, 6.07) is 0.971. The van der Waals surface area contributed by atoms with Gasteiger partial charge in [0, 0.05) is 12.9 Å². The van der Waals surface area contributed by atoms with Crippen molar-refractivity contribution in [1.29, 1.82) is 0 Å². The van der Waals surface area contributed by atoms with Crippen molar-refractivity contribution in [2.45, 2.75) is 57.7 Å². The Balaban J connectivity index is 1.93. The fraction of sp³-hybridized carbons (Fsp3) is 0.923. The third kappa shape index (κ3) is 3.38. The molecule has 0 saturated heterocycles. The van der Waals surface area contributed by atoms with Crippen molar-refractivity contribution in [3.63, 3.8) is 0 Å². The van der Waals surface area contributed by atoms with Gasteiger partial charge in [-0.25, -0.2) is 0 Å². The molecule has 3 unspecified atom stereocenters. The van der Waals surface area contributed by atoms with E-state index in [-0.39, 0.29) is 0 Å². The van der Waals surface area contributed by atoms with Crippen LogP contribution in [0.1, 0.15) is 39.5 Å². The zero-order valence-electron chi connectivity index (χ0n) is 11.1. The Hall–Kier alpha value is -0.220. The normalized spacial score (nSPS) is 33.9. The lowest BCUT2D eigenvalue weighted by molar-refractivity contribution is 0.0909. The van der Waals surface area contributed by atoms with Crippen LogP contribution in [0.3, 0.4) is 0 Å². The smallest absolute Gasteiger partial charge is 0.157 e. The maximum atomic E-state index is 5.51. The highest BCUT2D eigenvalue weighted by atomic mass is 32.2. The van der Waals surface area contributed by atoms with Gasteiger partial charge >= 0.3 is 0 Å². The van der Waals surface area contributed by atoms with Crippen LogP contribution in [-0.4, -0.2) is 36.2 Å². The van der Waals surface area contributed by atoms with E-state index in [1.54, 1.807) is 0 Å². The van der Waals surface area contributed by atoms with Crippen molar-refractivity contribution < 1.29 is 4.74 Å². The third-order valence-electron chi connectivity index (χ3n) is 3.77. The Morgan fingerprint density at radius 3 is 2.88 bits per heavy atom. The van der Waals surface area contributed by atoms with Crippen LogP contribution in [0, 0.1) is 5.92 Å². The van der Waals surface area contributed by atoms with Crippen molar-refractivity contribution in [3.05, 3.63) is 0 Å². The number of nitrogens with one attached hydrogen (secondary N) is 1. The lowest BCUT2D eigenvalue weighted by atomic mass is 10.0. The molecule has 2 rings (SSSR count). The van der Waals surface area contributed by atoms with Crippen LogP contribution >= 0.6 is 11.8 Å². The minimum atomic E-state index is 0.373. The summed E-state index contributed by atoms with van der Waals surface area (Å²) in [5.74, 6) is 1.84. The van der Waals surface area contributed by atoms with Gasteiger partial charge in [-0.3, -0.25) is 4.99 Å². The van der Waals surface area contributed by atoms with E-state index in [2.05, 4.69) is 19.2 Å². The standard InChI is InChI=1S/C13H24N2OS/c1-9(2)10-7-8-17-13(14-10)15-11-5-4-6-12(11)16-3/h9-12H,4-8H2,1-3H3,(H,14,15).